The SMILES string of the molecule is CSc1ccc(-c2ccc(C(=O)N(C)Cc3ccon3)c(N3CCC(N4CCC[C@H](CO)C4)CC3)n2)cc1. The highest BCUT2D eigenvalue weighted by Crippen LogP contribution is 2.31. The molecule has 2 fully saturated rings. The van der Waals surface area contributed by atoms with Crippen molar-refractivity contribution in [2.45, 2.75) is 43.2 Å². The summed E-state index contributed by atoms with van der Waals surface area (Å²) in [6.45, 7) is 4.43. The van der Waals surface area contributed by atoms with Gasteiger partial charge >= 0.3 is 0 Å². The van der Waals surface area contributed by atoms with Crippen molar-refractivity contribution in [1.82, 2.24) is 19.9 Å². The van der Waals surface area contributed by atoms with Crippen molar-refractivity contribution in [3.8, 4) is 11.3 Å². The molecule has 0 radical (unpaired) electrons. The van der Waals surface area contributed by atoms with Crippen molar-refractivity contribution in [2.24, 2.45) is 5.92 Å². The molecule has 202 valence electrons. The van der Waals surface area contributed by atoms with E-state index in [1.807, 2.05) is 12.1 Å². The van der Waals surface area contributed by atoms with E-state index in [-0.39, 0.29) is 12.5 Å². The van der Waals surface area contributed by atoms with Gasteiger partial charge in [-0.1, -0.05) is 17.3 Å². The van der Waals surface area contributed by atoms with Gasteiger partial charge in [0.15, 0.2) is 0 Å². The van der Waals surface area contributed by atoms with E-state index in [2.05, 4.69) is 45.5 Å². The Morgan fingerprint density at radius 3 is 2.58 bits per heavy atom. The van der Waals surface area contributed by atoms with E-state index in [1.165, 1.54) is 11.2 Å². The molecule has 4 heterocycles. The summed E-state index contributed by atoms with van der Waals surface area (Å²) in [6.07, 6.45) is 7.91. The third-order valence-electron chi connectivity index (χ3n) is 7.82. The zero-order valence-electron chi connectivity index (χ0n) is 22.3. The Kier molecular flexibility index (Phi) is 8.66. The molecule has 0 aliphatic carbocycles. The largest absolute Gasteiger partial charge is 0.396 e. The second-order valence-electron chi connectivity index (χ2n) is 10.4. The topological polar surface area (TPSA) is 85.9 Å². The van der Waals surface area contributed by atoms with Crippen molar-refractivity contribution in [3.05, 3.63) is 60.0 Å². The number of amides is 1. The van der Waals surface area contributed by atoms with E-state index in [9.17, 15) is 9.90 Å². The lowest BCUT2D eigenvalue weighted by atomic mass is 9.94. The smallest absolute Gasteiger partial charge is 0.257 e. The van der Waals surface area contributed by atoms with E-state index in [0.717, 1.165) is 68.9 Å². The van der Waals surface area contributed by atoms with Gasteiger partial charge in [0, 0.05) is 55.9 Å². The number of aliphatic hydroxyl groups is 1. The molecule has 9 heteroatoms. The summed E-state index contributed by atoms with van der Waals surface area (Å²) in [5, 5.41) is 13.6. The van der Waals surface area contributed by atoms with Gasteiger partial charge in [-0.2, -0.15) is 0 Å². The predicted molar refractivity (Wildman–Crippen MR) is 150 cm³/mol. The number of aliphatic hydroxyl groups excluding tert-OH is 1. The Labute approximate surface area is 229 Å². The maximum absolute atomic E-state index is 13.6. The molecule has 2 aromatic heterocycles. The number of anilines is 1. The summed E-state index contributed by atoms with van der Waals surface area (Å²) < 4.78 is 4.95. The first-order valence-electron chi connectivity index (χ1n) is 13.5. The third-order valence-corrected chi connectivity index (χ3v) is 8.56. The predicted octanol–water partition coefficient (Wildman–Crippen LogP) is 4.40. The van der Waals surface area contributed by atoms with Crippen molar-refractivity contribution in [2.75, 3.05) is 51.0 Å². The lowest BCUT2D eigenvalue weighted by Crippen LogP contribution is -2.49. The number of rotatable bonds is 8. The fourth-order valence-electron chi connectivity index (χ4n) is 5.64. The molecule has 1 N–H and O–H groups in total. The van der Waals surface area contributed by atoms with Gasteiger partial charge < -0.3 is 19.4 Å². The lowest BCUT2D eigenvalue weighted by Gasteiger charge is -2.42. The minimum atomic E-state index is -0.0799. The van der Waals surface area contributed by atoms with Crippen LogP contribution in [0.5, 0.6) is 0 Å². The molecule has 1 atom stereocenters. The standard InChI is InChI=1S/C29H37N5O3S/c1-32(19-23-13-17-37-31-23)29(36)26-9-10-27(22-5-7-25(38-2)8-6-22)30-28(26)33-15-11-24(12-16-33)34-14-3-4-21(18-34)20-35/h5-10,13,17,21,24,35H,3-4,11-12,14-16,18-20H2,1-2H3/t21-/m0/s1. The minimum Gasteiger partial charge on any atom is -0.396 e. The average molecular weight is 536 g/mol. The summed E-state index contributed by atoms with van der Waals surface area (Å²) in [5.41, 5.74) is 3.23. The van der Waals surface area contributed by atoms with Crippen molar-refractivity contribution in [1.29, 1.82) is 0 Å². The summed E-state index contributed by atoms with van der Waals surface area (Å²) in [7, 11) is 1.79. The molecule has 2 aliphatic rings. The maximum Gasteiger partial charge on any atom is 0.257 e. The van der Waals surface area contributed by atoms with Crippen LogP contribution >= 0.6 is 11.8 Å². The number of pyridine rings is 1. The average Bonchev–Trinajstić information content (AvgIpc) is 3.49. The zero-order chi connectivity index (χ0) is 26.5. The van der Waals surface area contributed by atoms with Crippen LogP contribution in [0, 0.1) is 5.92 Å². The van der Waals surface area contributed by atoms with E-state index < -0.39 is 0 Å². The molecule has 2 aliphatic heterocycles. The summed E-state index contributed by atoms with van der Waals surface area (Å²) in [6, 6.07) is 14.6. The Morgan fingerprint density at radius 2 is 1.89 bits per heavy atom. The fourth-order valence-corrected chi connectivity index (χ4v) is 6.05. The van der Waals surface area contributed by atoms with Crippen LogP contribution in [0.1, 0.15) is 41.7 Å². The summed E-state index contributed by atoms with van der Waals surface area (Å²) >= 11 is 1.71. The van der Waals surface area contributed by atoms with Crippen LogP contribution in [0.25, 0.3) is 11.3 Å². The molecule has 0 spiro atoms. The van der Waals surface area contributed by atoms with Gasteiger partial charge in [-0.15, -0.1) is 11.8 Å². The molecule has 3 aromatic rings. The summed E-state index contributed by atoms with van der Waals surface area (Å²) in [4.78, 5) is 26.4. The Bertz CT molecular complexity index is 1200. The van der Waals surface area contributed by atoms with Crippen molar-refractivity contribution < 1.29 is 14.4 Å². The van der Waals surface area contributed by atoms with Crippen LogP contribution in [-0.2, 0) is 6.54 Å². The normalized spacial score (nSPS) is 19.0. The van der Waals surface area contributed by atoms with Gasteiger partial charge in [0.05, 0.1) is 17.8 Å². The number of carbonyl (C=O) groups excluding carboxylic acids is 1. The molecule has 5 rings (SSSR count). The quantitative estimate of drug-likeness (QED) is 0.425. The summed E-state index contributed by atoms with van der Waals surface area (Å²) in [5.74, 6) is 1.06. The van der Waals surface area contributed by atoms with E-state index >= 15 is 0 Å². The number of piperidine rings is 2. The van der Waals surface area contributed by atoms with Crippen LogP contribution in [-0.4, -0.2) is 83.1 Å². The number of benzene rings is 1. The number of carbonyl (C=O) groups is 1. The first-order valence-corrected chi connectivity index (χ1v) is 14.7. The number of hydrogen-bond donors (Lipinski definition) is 1. The highest BCUT2D eigenvalue weighted by atomic mass is 32.2. The Morgan fingerprint density at radius 1 is 1.11 bits per heavy atom. The van der Waals surface area contributed by atoms with Crippen LogP contribution < -0.4 is 4.90 Å². The molecule has 1 aromatic carbocycles. The molecular weight excluding hydrogens is 498 g/mol. The number of hydrogen-bond acceptors (Lipinski definition) is 8. The second-order valence-corrected chi connectivity index (χ2v) is 11.2. The van der Waals surface area contributed by atoms with Gasteiger partial charge in [0.25, 0.3) is 5.91 Å². The first-order chi connectivity index (χ1) is 18.6. The highest BCUT2D eigenvalue weighted by molar-refractivity contribution is 7.98. The molecule has 38 heavy (non-hydrogen) atoms. The Balaban J connectivity index is 1.38. The molecule has 0 saturated carbocycles. The van der Waals surface area contributed by atoms with Gasteiger partial charge in [0.2, 0.25) is 0 Å². The van der Waals surface area contributed by atoms with Gasteiger partial charge in [-0.05, 0) is 68.7 Å². The molecule has 0 bridgehead atoms. The molecular formula is C29H37N5O3S. The van der Waals surface area contributed by atoms with Crippen LogP contribution in [0.15, 0.2) is 58.1 Å². The third kappa shape index (κ3) is 6.06. The van der Waals surface area contributed by atoms with E-state index in [1.54, 1.807) is 29.8 Å². The van der Waals surface area contributed by atoms with Gasteiger partial charge in [-0.3, -0.25) is 9.69 Å². The lowest BCUT2D eigenvalue weighted by molar-refractivity contribution is 0.0770. The molecule has 2 saturated heterocycles. The highest BCUT2D eigenvalue weighted by Gasteiger charge is 2.31. The Hall–Kier alpha value is -2.88. The monoisotopic (exact) mass is 535 g/mol. The zero-order valence-corrected chi connectivity index (χ0v) is 23.1. The van der Waals surface area contributed by atoms with Crippen molar-refractivity contribution in [3.63, 3.8) is 0 Å². The molecule has 8 nitrogen and oxygen atoms in total. The van der Waals surface area contributed by atoms with Crippen LogP contribution in [0.3, 0.4) is 0 Å². The number of likely N-dealkylation sites (tertiary alicyclic amines) is 1. The number of nitrogens with zero attached hydrogens (tertiary/aromatic N) is 5. The fraction of sp³-hybridized carbons (Fsp3) is 0.483. The molecule has 0 unspecified atom stereocenters. The van der Waals surface area contributed by atoms with Gasteiger partial charge in [0.1, 0.15) is 17.8 Å². The minimum absolute atomic E-state index is 0.0799. The number of aromatic nitrogens is 2. The first kappa shape index (κ1) is 26.7. The van der Waals surface area contributed by atoms with Crippen molar-refractivity contribution >= 4 is 23.5 Å². The number of thioether (sulfide) groups is 1. The maximum atomic E-state index is 13.6. The van der Waals surface area contributed by atoms with Crippen LogP contribution in [0.2, 0.25) is 0 Å². The second kappa shape index (κ2) is 12.3. The van der Waals surface area contributed by atoms with E-state index in [0.29, 0.717) is 29.8 Å². The van der Waals surface area contributed by atoms with Gasteiger partial charge in [-0.25, -0.2) is 4.98 Å². The molecule has 1 amide bonds. The van der Waals surface area contributed by atoms with Crippen LogP contribution in [0.4, 0.5) is 5.82 Å². The van der Waals surface area contributed by atoms with E-state index in [4.69, 9.17) is 9.51 Å².